The van der Waals surface area contributed by atoms with Gasteiger partial charge in [-0.15, -0.1) is 0 Å². The third-order valence-electron chi connectivity index (χ3n) is 6.22. The van der Waals surface area contributed by atoms with E-state index in [-0.39, 0.29) is 29.3 Å². The number of piperidine rings is 1. The van der Waals surface area contributed by atoms with E-state index in [4.69, 9.17) is 4.42 Å². The van der Waals surface area contributed by atoms with Gasteiger partial charge in [0.2, 0.25) is 0 Å². The number of hydrogen-bond acceptors (Lipinski definition) is 4. The first-order chi connectivity index (χ1) is 13.4. The maximum Gasteiger partial charge on any atom is 0.336 e. The van der Waals surface area contributed by atoms with Crippen LogP contribution in [0.25, 0.3) is 0 Å². The number of hydrogen-bond donors (Lipinski definition) is 0. The molecule has 0 N–H and O–H groups in total. The molecule has 0 radical (unpaired) electrons. The minimum Gasteiger partial charge on any atom is -0.427 e. The Balaban J connectivity index is 1.72. The predicted molar refractivity (Wildman–Crippen MR) is 106 cm³/mol. The Morgan fingerprint density at radius 3 is 2.71 bits per heavy atom. The Hall–Kier alpha value is -2.63. The summed E-state index contributed by atoms with van der Waals surface area (Å²) in [6.45, 7) is 6.77. The zero-order chi connectivity index (χ0) is 20.0. The van der Waals surface area contributed by atoms with Gasteiger partial charge in [-0.05, 0) is 44.2 Å². The molecule has 2 aromatic heterocycles. The molecule has 2 aliphatic heterocycles. The number of aromatic nitrogens is 1. The van der Waals surface area contributed by atoms with Gasteiger partial charge >= 0.3 is 5.63 Å². The Morgan fingerprint density at radius 1 is 1.21 bits per heavy atom. The molecule has 6 nitrogen and oxygen atoms in total. The van der Waals surface area contributed by atoms with E-state index >= 15 is 0 Å². The molecule has 1 saturated heterocycles. The van der Waals surface area contributed by atoms with Crippen LogP contribution in [0.3, 0.4) is 0 Å². The van der Waals surface area contributed by atoms with Crippen molar-refractivity contribution in [1.29, 1.82) is 0 Å². The van der Waals surface area contributed by atoms with Crippen LogP contribution in [-0.2, 0) is 0 Å². The minimum atomic E-state index is -0.432. The van der Waals surface area contributed by atoms with Gasteiger partial charge in [0.05, 0.1) is 5.56 Å². The van der Waals surface area contributed by atoms with Gasteiger partial charge in [0.15, 0.2) is 0 Å². The highest BCUT2D eigenvalue weighted by Crippen LogP contribution is 2.43. The highest BCUT2D eigenvalue weighted by molar-refractivity contribution is 5.96. The molecule has 0 saturated carbocycles. The van der Waals surface area contributed by atoms with Crippen LogP contribution in [0.1, 0.15) is 65.5 Å². The van der Waals surface area contributed by atoms with Crippen molar-refractivity contribution in [2.45, 2.75) is 52.0 Å². The summed E-state index contributed by atoms with van der Waals surface area (Å²) in [5, 5.41) is 0. The Bertz CT molecular complexity index is 1010. The van der Waals surface area contributed by atoms with Crippen molar-refractivity contribution >= 4 is 5.91 Å². The largest absolute Gasteiger partial charge is 0.427 e. The molecule has 28 heavy (non-hydrogen) atoms. The molecular formula is C22H26N2O4. The third kappa shape index (κ3) is 3.01. The van der Waals surface area contributed by atoms with E-state index in [2.05, 4.69) is 6.92 Å². The lowest BCUT2D eigenvalue weighted by molar-refractivity contribution is 0.0514. The summed E-state index contributed by atoms with van der Waals surface area (Å²) in [5.74, 6) is 0.690. The second kappa shape index (κ2) is 7.08. The summed E-state index contributed by atoms with van der Waals surface area (Å²) in [5.41, 5.74) is 1.79. The fourth-order valence-corrected chi connectivity index (χ4v) is 5.11. The summed E-state index contributed by atoms with van der Waals surface area (Å²) < 4.78 is 7.15. The highest BCUT2D eigenvalue weighted by atomic mass is 16.4. The molecule has 2 aromatic rings. The lowest BCUT2D eigenvalue weighted by Gasteiger charge is -2.47. The number of likely N-dealkylation sites (tertiary alicyclic amines) is 1. The average molecular weight is 382 g/mol. The van der Waals surface area contributed by atoms with Crippen LogP contribution in [0.4, 0.5) is 0 Å². The normalized spacial score (nSPS) is 23.4. The monoisotopic (exact) mass is 382 g/mol. The number of nitrogens with zero attached hydrogens (tertiary/aromatic N) is 2. The first kappa shape index (κ1) is 18.7. The quantitative estimate of drug-likeness (QED) is 0.818. The SMILES string of the molecule is CCC[C@H]1[C@H]2C[C@H](CN(C(=O)c3c(C)cc(=O)oc3C)C2)c2cccc(=O)n21. The first-order valence-electron chi connectivity index (χ1n) is 10.0. The van der Waals surface area contributed by atoms with Gasteiger partial charge in [0, 0.05) is 42.9 Å². The summed E-state index contributed by atoms with van der Waals surface area (Å²) in [4.78, 5) is 39.4. The van der Waals surface area contributed by atoms with Crippen molar-refractivity contribution in [3.8, 4) is 0 Å². The number of carbonyl (C=O) groups is 1. The van der Waals surface area contributed by atoms with Crippen LogP contribution in [0.2, 0.25) is 0 Å². The summed E-state index contributed by atoms with van der Waals surface area (Å²) in [6.07, 6.45) is 2.91. The number of pyridine rings is 1. The lowest BCUT2D eigenvalue weighted by atomic mass is 9.77. The first-order valence-corrected chi connectivity index (χ1v) is 10.0. The maximum absolute atomic E-state index is 13.3. The number of amides is 1. The summed E-state index contributed by atoms with van der Waals surface area (Å²) in [7, 11) is 0. The number of rotatable bonds is 3. The molecule has 0 spiro atoms. The lowest BCUT2D eigenvalue weighted by Crippen LogP contribution is -2.51. The van der Waals surface area contributed by atoms with E-state index in [9.17, 15) is 14.4 Å². The standard InChI is InChI=1S/C22H26N2O4/c1-4-6-17-15-10-16(18-7-5-8-19(25)24(17)18)12-23(11-15)22(27)21-13(2)9-20(26)28-14(21)3/h5,7-9,15-17H,4,6,10-12H2,1-3H3/t15-,16+,17-/m0/s1. The Labute approximate surface area is 163 Å². The van der Waals surface area contributed by atoms with Crippen LogP contribution in [-0.4, -0.2) is 28.5 Å². The molecule has 1 fully saturated rings. The smallest absolute Gasteiger partial charge is 0.336 e. The Kier molecular flexibility index (Phi) is 4.73. The van der Waals surface area contributed by atoms with E-state index in [0.717, 1.165) is 25.0 Å². The van der Waals surface area contributed by atoms with Gasteiger partial charge in [-0.2, -0.15) is 0 Å². The van der Waals surface area contributed by atoms with Crippen LogP contribution in [0.5, 0.6) is 0 Å². The summed E-state index contributed by atoms with van der Waals surface area (Å²) in [6, 6.07) is 6.97. The molecule has 6 heteroatoms. The second-order valence-electron chi connectivity index (χ2n) is 8.10. The van der Waals surface area contributed by atoms with Crippen molar-refractivity contribution < 1.29 is 9.21 Å². The third-order valence-corrected chi connectivity index (χ3v) is 6.22. The van der Waals surface area contributed by atoms with Crippen LogP contribution in [0.15, 0.2) is 38.3 Å². The predicted octanol–water partition coefficient (Wildman–Crippen LogP) is 3.02. The topological polar surface area (TPSA) is 72.5 Å². The van der Waals surface area contributed by atoms with E-state index in [1.54, 1.807) is 19.9 Å². The van der Waals surface area contributed by atoms with Crippen molar-refractivity contribution in [2.75, 3.05) is 13.1 Å². The van der Waals surface area contributed by atoms with Crippen molar-refractivity contribution in [1.82, 2.24) is 9.47 Å². The van der Waals surface area contributed by atoms with Crippen LogP contribution < -0.4 is 11.2 Å². The molecule has 3 atom stereocenters. The van der Waals surface area contributed by atoms with E-state index < -0.39 is 5.63 Å². The van der Waals surface area contributed by atoms with E-state index in [0.29, 0.717) is 30.0 Å². The fraction of sp³-hybridized carbons (Fsp3) is 0.500. The molecule has 1 amide bonds. The molecular weight excluding hydrogens is 356 g/mol. The van der Waals surface area contributed by atoms with Gasteiger partial charge in [-0.3, -0.25) is 9.59 Å². The van der Waals surface area contributed by atoms with Gasteiger partial charge in [-0.1, -0.05) is 19.4 Å². The zero-order valence-electron chi connectivity index (χ0n) is 16.6. The molecule has 0 aromatic carbocycles. The minimum absolute atomic E-state index is 0.0574. The second-order valence-corrected chi connectivity index (χ2v) is 8.10. The number of carbonyl (C=O) groups excluding carboxylic acids is 1. The van der Waals surface area contributed by atoms with Crippen molar-refractivity contribution in [3.63, 3.8) is 0 Å². The Morgan fingerprint density at radius 2 is 2.00 bits per heavy atom. The molecule has 148 valence electrons. The molecule has 4 heterocycles. The van der Waals surface area contributed by atoms with Crippen molar-refractivity contribution in [3.05, 3.63) is 67.6 Å². The number of aryl methyl sites for hydroxylation is 2. The summed E-state index contributed by atoms with van der Waals surface area (Å²) >= 11 is 0. The van der Waals surface area contributed by atoms with Gasteiger partial charge < -0.3 is 13.9 Å². The van der Waals surface area contributed by atoms with Gasteiger partial charge in [0.25, 0.3) is 11.5 Å². The van der Waals surface area contributed by atoms with E-state index in [1.165, 1.54) is 6.07 Å². The molecule has 4 rings (SSSR count). The molecule has 2 bridgehead atoms. The fourth-order valence-electron chi connectivity index (χ4n) is 5.11. The molecule has 2 aliphatic rings. The molecule has 0 unspecified atom stereocenters. The zero-order valence-corrected chi connectivity index (χ0v) is 16.6. The average Bonchev–Trinajstić information content (AvgIpc) is 2.64. The van der Waals surface area contributed by atoms with Crippen LogP contribution >= 0.6 is 0 Å². The maximum atomic E-state index is 13.3. The van der Waals surface area contributed by atoms with E-state index in [1.807, 2.05) is 21.6 Å². The highest BCUT2D eigenvalue weighted by Gasteiger charge is 2.41. The van der Waals surface area contributed by atoms with Gasteiger partial charge in [0.1, 0.15) is 5.76 Å². The van der Waals surface area contributed by atoms with Crippen molar-refractivity contribution in [2.24, 2.45) is 5.92 Å². The molecule has 0 aliphatic carbocycles. The van der Waals surface area contributed by atoms with Gasteiger partial charge in [-0.25, -0.2) is 4.79 Å². The van der Waals surface area contributed by atoms with Crippen LogP contribution in [0, 0.1) is 19.8 Å². The number of fused-ring (bicyclic) bond motifs is 4.